The summed E-state index contributed by atoms with van der Waals surface area (Å²) >= 11 is 7.08. The van der Waals surface area contributed by atoms with Crippen LogP contribution >= 0.6 is 23.4 Å². The van der Waals surface area contributed by atoms with Gasteiger partial charge in [-0.15, -0.1) is 5.10 Å². The Morgan fingerprint density at radius 1 is 1.45 bits per heavy atom. The quantitative estimate of drug-likeness (QED) is 0.819. The summed E-state index contributed by atoms with van der Waals surface area (Å²) < 4.78 is 5.53. The summed E-state index contributed by atoms with van der Waals surface area (Å²) in [6, 6.07) is 6.97. The highest BCUT2D eigenvalue weighted by Crippen LogP contribution is 2.27. The maximum absolute atomic E-state index is 11.9. The summed E-state index contributed by atoms with van der Waals surface area (Å²) in [6.45, 7) is 0.761. The van der Waals surface area contributed by atoms with E-state index in [2.05, 4.69) is 20.5 Å². The number of carbonyl (C=O) groups excluding carboxylic acids is 1. The number of H-pyrrole nitrogens is 1. The predicted octanol–water partition coefficient (Wildman–Crippen LogP) is 3.04. The average molecular weight is 339 g/mol. The number of thioether (sulfide) groups is 1. The molecule has 2 heterocycles. The van der Waals surface area contributed by atoms with Gasteiger partial charge in [-0.3, -0.25) is 9.89 Å². The number of hydrogen-bond acceptors (Lipinski definition) is 5. The monoisotopic (exact) mass is 338 g/mol. The van der Waals surface area contributed by atoms with Crippen molar-refractivity contribution in [1.82, 2.24) is 15.2 Å². The summed E-state index contributed by atoms with van der Waals surface area (Å²) in [6.07, 6.45) is 2.00. The molecule has 0 saturated carbocycles. The highest BCUT2D eigenvalue weighted by atomic mass is 35.5. The number of anilines is 1. The molecule has 2 N–H and O–H groups in total. The number of nitrogens with zero attached hydrogens (tertiary/aromatic N) is 2. The fraction of sp³-hybridized carbons (Fsp3) is 0.357. The number of aromatic amines is 1. The van der Waals surface area contributed by atoms with E-state index in [1.54, 1.807) is 24.3 Å². The van der Waals surface area contributed by atoms with Crippen LogP contribution in [0.5, 0.6) is 0 Å². The Balaban J connectivity index is 1.49. The van der Waals surface area contributed by atoms with Crippen molar-refractivity contribution in [2.24, 2.45) is 0 Å². The lowest BCUT2D eigenvalue weighted by Crippen LogP contribution is -2.13. The molecule has 1 fully saturated rings. The van der Waals surface area contributed by atoms with Crippen LogP contribution in [0.3, 0.4) is 0 Å². The second-order valence-electron chi connectivity index (χ2n) is 4.85. The molecule has 1 aliphatic heterocycles. The minimum absolute atomic E-state index is 0.00439. The van der Waals surface area contributed by atoms with Gasteiger partial charge in [0.05, 0.1) is 5.75 Å². The van der Waals surface area contributed by atoms with Crippen LogP contribution in [0.4, 0.5) is 5.69 Å². The molecule has 1 aromatic heterocycles. The Labute approximate surface area is 137 Å². The molecule has 6 nitrogen and oxygen atoms in total. The maximum atomic E-state index is 11.9. The Bertz CT molecular complexity index is 641. The van der Waals surface area contributed by atoms with Crippen LogP contribution in [0.2, 0.25) is 5.02 Å². The zero-order valence-electron chi connectivity index (χ0n) is 11.7. The number of carbonyl (C=O) groups is 1. The number of nitrogens with one attached hydrogen (secondary N) is 2. The SMILES string of the molecule is O=C(CSc1n[nH]c([C@H]2CCCO2)n1)Nc1ccc(Cl)cc1. The van der Waals surface area contributed by atoms with Crippen molar-refractivity contribution < 1.29 is 9.53 Å². The minimum Gasteiger partial charge on any atom is -0.370 e. The summed E-state index contributed by atoms with van der Waals surface area (Å²) in [7, 11) is 0. The van der Waals surface area contributed by atoms with Crippen LogP contribution in [0.15, 0.2) is 29.4 Å². The van der Waals surface area contributed by atoms with Crippen molar-refractivity contribution in [2.45, 2.75) is 24.1 Å². The van der Waals surface area contributed by atoms with E-state index in [0.717, 1.165) is 25.3 Å². The smallest absolute Gasteiger partial charge is 0.234 e. The first-order chi connectivity index (χ1) is 10.7. The lowest BCUT2D eigenvalue weighted by Gasteiger charge is -2.04. The Hall–Kier alpha value is -1.57. The normalized spacial score (nSPS) is 17.6. The van der Waals surface area contributed by atoms with Gasteiger partial charge in [0.2, 0.25) is 11.1 Å². The third-order valence-electron chi connectivity index (χ3n) is 3.18. The summed E-state index contributed by atoms with van der Waals surface area (Å²) in [4.78, 5) is 16.2. The molecule has 3 rings (SSSR count). The first-order valence-electron chi connectivity index (χ1n) is 6.93. The van der Waals surface area contributed by atoms with Gasteiger partial charge in [0.15, 0.2) is 5.82 Å². The molecular formula is C14H15ClN4O2S. The van der Waals surface area contributed by atoms with Gasteiger partial charge in [-0.2, -0.15) is 0 Å². The molecule has 22 heavy (non-hydrogen) atoms. The molecule has 116 valence electrons. The third kappa shape index (κ3) is 4.00. The van der Waals surface area contributed by atoms with E-state index in [1.165, 1.54) is 11.8 Å². The molecule has 1 aromatic carbocycles. The van der Waals surface area contributed by atoms with Crippen molar-refractivity contribution in [3.05, 3.63) is 35.1 Å². The van der Waals surface area contributed by atoms with Gasteiger partial charge in [-0.05, 0) is 37.1 Å². The topological polar surface area (TPSA) is 79.9 Å². The van der Waals surface area contributed by atoms with Gasteiger partial charge in [0.1, 0.15) is 6.10 Å². The zero-order valence-corrected chi connectivity index (χ0v) is 13.3. The summed E-state index contributed by atoms with van der Waals surface area (Å²) in [5.41, 5.74) is 0.713. The molecular weight excluding hydrogens is 324 g/mol. The van der Waals surface area contributed by atoms with Gasteiger partial charge < -0.3 is 10.1 Å². The molecule has 0 spiro atoms. The fourth-order valence-corrected chi connectivity index (χ4v) is 2.85. The second kappa shape index (κ2) is 7.13. The Morgan fingerprint density at radius 2 is 2.27 bits per heavy atom. The molecule has 8 heteroatoms. The number of amides is 1. The second-order valence-corrected chi connectivity index (χ2v) is 6.23. The summed E-state index contributed by atoms with van der Waals surface area (Å²) in [5.74, 6) is 0.861. The lowest BCUT2D eigenvalue weighted by molar-refractivity contribution is -0.113. The van der Waals surface area contributed by atoms with Crippen molar-refractivity contribution >= 4 is 35.0 Å². The highest BCUT2D eigenvalue weighted by Gasteiger charge is 2.21. The van der Waals surface area contributed by atoms with Crippen LogP contribution in [0, 0.1) is 0 Å². The molecule has 1 saturated heterocycles. The molecule has 0 bridgehead atoms. The molecule has 1 atom stereocenters. The number of rotatable bonds is 5. The van der Waals surface area contributed by atoms with Crippen molar-refractivity contribution in [1.29, 1.82) is 0 Å². The standard InChI is InChI=1S/C14H15ClN4O2S/c15-9-3-5-10(6-4-9)16-12(20)8-22-14-17-13(18-19-14)11-2-1-7-21-11/h3-6,11H,1-2,7-8H2,(H,16,20)(H,17,18,19)/t11-/m1/s1. The fourth-order valence-electron chi connectivity index (χ4n) is 2.12. The van der Waals surface area contributed by atoms with Gasteiger partial charge in [0.25, 0.3) is 0 Å². The van der Waals surface area contributed by atoms with Crippen LogP contribution in [-0.4, -0.2) is 33.4 Å². The number of benzene rings is 1. The van der Waals surface area contributed by atoms with Gasteiger partial charge in [-0.25, -0.2) is 4.98 Å². The number of halogens is 1. The van der Waals surface area contributed by atoms with Crippen LogP contribution in [-0.2, 0) is 9.53 Å². The Kier molecular flexibility index (Phi) is 4.97. The largest absolute Gasteiger partial charge is 0.370 e. The van der Waals surface area contributed by atoms with E-state index in [1.807, 2.05) is 0 Å². The maximum Gasteiger partial charge on any atom is 0.234 e. The van der Waals surface area contributed by atoms with E-state index in [4.69, 9.17) is 16.3 Å². The zero-order chi connectivity index (χ0) is 15.4. The van der Waals surface area contributed by atoms with E-state index in [-0.39, 0.29) is 17.8 Å². The predicted molar refractivity (Wildman–Crippen MR) is 85.1 cm³/mol. The van der Waals surface area contributed by atoms with E-state index < -0.39 is 0 Å². The van der Waals surface area contributed by atoms with Crippen molar-refractivity contribution in [2.75, 3.05) is 17.7 Å². The molecule has 0 aliphatic carbocycles. The molecule has 0 radical (unpaired) electrons. The molecule has 0 unspecified atom stereocenters. The highest BCUT2D eigenvalue weighted by molar-refractivity contribution is 7.99. The third-order valence-corrected chi connectivity index (χ3v) is 4.28. The number of ether oxygens (including phenoxy) is 1. The first kappa shape index (κ1) is 15.3. The molecule has 2 aromatic rings. The van der Waals surface area contributed by atoms with Gasteiger partial charge in [-0.1, -0.05) is 23.4 Å². The van der Waals surface area contributed by atoms with Crippen molar-refractivity contribution in [3.8, 4) is 0 Å². The van der Waals surface area contributed by atoms with Crippen molar-refractivity contribution in [3.63, 3.8) is 0 Å². The lowest BCUT2D eigenvalue weighted by atomic mass is 10.2. The van der Waals surface area contributed by atoms with E-state index in [0.29, 0.717) is 15.9 Å². The Morgan fingerprint density at radius 3 is 3.00 bits per heavy atom. The van der Waals surface area contributed by atoms with Crippen LogP contribution in [0.1, 0.15) is 24.8 Å². The molecule has 1 amide bonds. The first-order valence-corrected chi connectivity index (χ1v) is 8.29. The van der Waals surface area contributed by atoms with Gasteiger partial charge >= 0.3 is 0 Å². The molecule has 1 aliphatic rings. The van der Waals surface area contributed by atoms with E-state index >= 15 is 0 Å². The van der Waals surface area contributed by atoms with E-state index in [9.17, 15) is 4.79 Å². The number of hydrogen-bond donors (Lipinski definition) is 2. The minimum atomic E-state index is -0.115. The van der Waals surface area contributed by atoms with Crippen LogP contribution < -0.4 is 5.32 Å². The number of aromatic nitrogens is 3. The van der Waals surface area contributed by atoms with Crippen LogP contribution in [0.25, 0.3) is 0 Å². The average Bonchev–Trinajstić information content (AvgIpc) is 3.18. The van der Waals surface area contributed by atoms with Gasteiger partial charge in [0, 0.05) is 17.3 Å². The summed E-state index contributed by atoms with van der Waals surface area (Å²) in [5, 5.41) is 11.0.